The van der Waals surface area contributed by atoms with Crippen LogP contribution in [-0.4, -0.2) is 213 Å². The second-order valence-corrected chi connectivity index (χ2v) is 32.5. The highest BCUT2D eigenvalue weighted by molar-refractivity contribution is 6.12. The van der Waals surface area contributed by atoms with E-state index in [0.29, 0.717) is 46.4 Å². The maximum atomic E-state index is 13.7. The van der Waals surface area contributed by atoms with Crippen molar-refractivity contribution in [3.63, 3.8) is 0 Å². The monoisotopic (exact) mass is 1850 g/mol. The molecule has 12 rings (SSSR count). The summed E-state index contributed by atoms with van der Waals surface area (Å²) in [6, 6.07) is 16.2. The fourth-order valence-corrected chi connectivity index (χ4v) is 14.6. The lowest BCUT2D eigenvalue weighted by Crippen LogP contribution is -2.32. The minimum atomic E-state index is -0.570. The van der Waals surface area contributed by atoms with Crippen LogP contribution in [0.5, 0.6) is 0 Å². The van der Waals surface area contributed by atoms with Crippen molar-refractivity contribution in [2.75, 3.05) is 112 Å². The van der Waals surface area contributed by atoms with Crippen LogP contribution in [0.25, 0.3) is 0 Å². The first-order valence-electron chi connectivity index (χ1n) is 42.4. The molecule has 16 N–H and O–H groups in total. The molecule has 0 saturated carbocycles. The standard InChI is InChI=1S/C89H106N30O16/c1-107(2)27-16-22-90-73(120)18-23-93-79(125)63-33-55(44-110(63)5)100-86(132)71-38-60(49-118(71)13)105-84(130)68-31-53(42-115(68)10)97-75(122)19-24-94-80(126)64-34-56(45-111(64)6)101-87(133)70-36-58(47-117(70)12)103-82(128)66-29-51(40-113(66)8)96-74(121)17-15-21-92-78(124)62-32-54(43-109(62)4)99-85(131)69-37-59(48-116(69)11)104-83(129)67-30-52(41-114(67)9)98-76(123)20-25-95-81(127)65-35-57(46-112(65)7)102-88(134)72-39-61(50-119(72)14)106-89(135)77-91-26-28-108(77)3/h26,28-50H,15-25,27H2,1-14H3,(H,90,120)(H,92,124)(H,93,125)(H,94,126)(H,95,127)(H,96,121)(H,97,122)(H,98,123)(H,99,131)(H,100,132)(H,101,133)(H,102,134)(H,103,128)(H,104,129)(H,105,130)(H,106,135). The van der Waals surface area contributed by atoms with Gasteiger partial charge < -0.3 is 145 Å². The molecular weight excluding hydrogens is 1750 g/mol. The number of carbonyl (C=O) groups excluding carboxylic acids is 16. The minimum absolute atomic E-state index is 0.00965. The molecule has 46 heteroatoms. The Hall–Kier alpha value is -17.2. The van der Waals surface area contributed by atoms with Crippen molar-refractivity contribution in [1.29, 1.82) is 0 Å². The van der Waals surface area contributed by atoms with E-state index in [1.807, 2.05) is 19.0 Å². The van der Waals surface area contributed by atoms with Crippen LogP contribution in [0.15, 0.2) is 147 Å². The Labute approximate surface area is 772 Å². The number of carbonyl (C=O) groups is 16. The number of aromatic nitrogens is 13. The maximum absolute atomic E-state index is 13.7. The molecule has 0 radical (unpaired) electrons. The number of nitrogens with one attached hydrogen (secondary N) is 16. The molecule has 0 spiro atoms. The molecule has 46 nitrogen and oxygen atoms in total. The highest BCUT2D eigenvalue weighted by atomic mass is 16.2. The largest absolute Gasteiger partial charge is 0.356 e. The molecule has 12 aromatic heterocycles. The average Bonchev–Trinajstić information content (AvgIpc) is 1.80. The van der Waals surface area contributed by atoms with Gasteiger partial charge in [-0.15, -0.1) is 0 Å². The maximum Gasteiger partial charge on any atom is 0.291 e. The van der Waals surface area contributed by atoms with Crippen molar-refractivity contribution in [2.45, 2.75) is 38.5 Å². The summed E-state index contributed by atoms with van der Waals surface area (Å²) in [5, 5.41) is 44.1. The van der Waals surface area contributed by atoms with Crippen molar-refractivity contribution < 1.29 is 76.7 Å². The third-order valence-corrected chi connectivity index (χ3v) is 21.4. The summed E-state index contributed by atoms with van der Waals surface area (Å²) in [6.07, 6.45) is 21.0. The molecule has 0 unspecified atom stereocenters. The molecule has 12 heterocycles. The lowest BCUT2D eigenvalue weighted by atomic mass is 10.2. The number of rotatable bonds is 40. The number of hydrogen-bond donors (Lipinski definition) is 16. The van der Waals surface area contributed by atoms with Crippen molar-refractivity contribution in [1.82, 2.24) is 91.3 Å². The first kappa shape index (κ1) is 96.8. The summed E-state index contributed by atoms with van der Waals surface area (Å²) < 4.78 is 18.2. The fourth-order valence-electron chi connectivity index (χ4n) is 14.6. The van der Waals surface area contributed by atoms with E-state index >= 15 is 0 Å². The normalized spacial score (nSPS) is 11.0. The summed E-state index contributed by atoms with van der Waals surface area (Å²) in [6.45, 7) is 1.45. The van der Waals surface area contributed by atoms with Crippen LogP contribution in [-0.2, 0) is 104 Å². The van der Waals surface area contributed by atoms with Gasteiger partial charge in [-0.1, -0.05) is 0 Å². The number of imidazole rings is 1. The van der Waals surface area contributed by atoms with E-state index in [2.05, 4.69) is 90.1 Å². The predicted octanol–water partition coefficient (Wildman–Crippen LogP) is 5.02. The Morgan fingerprint density at radius 2 is 0.430 bits per heavy atom. The van der Waals surface area contributed by atoms with Crippen LogP contribution in [0.4, 0.5) is 62.6 Å². The van der Waals surface area contributed by atoms with Gasteiger partial charge in [-0.25, -0.2) is 4.98 Å². The number of aryl methyl sites for hydroxylation is 12. The Bertz CT molecular complexity index is 6620. The summed E-state index contributed by atoms with van der Waals surface area (Å²) in [5.74, 6) is -7.54. The third kappa shape index (κ3) is 24.9. The van der Waals surface area contributed by atoms with Gasteiger partial charge in [-0.2, -0.15) is 0 Å². The van der Waals surface area contributed by atoms with E-state index < -0.39 is 88.6 Å². The van der Waals surface area contributed by atoms with E-state index in [-0.39, 0.29) is 155 Å². The van der Waals surface area contributed by atoms with Gasteiger partial charge >= 0.3 is 0 Å². The van der Waals surface area contributed by atoms with Crippen LogP contribution in [0.3, 0.4) is 0 Å². The molecule has 708 valence electrons. The zero-order valence-electron chi connectivity index (χ0n) is 76.6. The van der Waals surface area contributed by atoms with Gasteiger partial charge in [-0.05, 0) is 100 Å². The quantitative estimate of drug-likeness (QED) is 0.0224. The second kappa shape index (κ2) is 42.6. The van der Waals surface area contributed by atoms with Gasteiger partial charge in [0.2, 0.25) is 23.6 Å². The predicted molar refractivity (Wildman–Crippen MR) is 501 cm³/mol. The lowest BCUT2D eigenvalue weighted by Gasteiger charge is -2.10. The van der Waals surface area contributed by atoms with E-state index in [1.54, 1.807) is 137 Å². The number of nitrogens with zero attached hydrogens (tertiary/aromatic N) is 14. The van der Waals surface area contributed by atoms with E-state index in [4.69, 9.17) is 0 Å². The molecule has 0 atom stereocenters. The van der Waals surface area contributed by atoms with E-state index in [0.717, 1.165) is 13.0 Å². The zero-order chi connectivity index (χ0) is 97.5. The second-order valence-electron chi connectivity index (χ2n) is 32.5. The Balaban J connectivity index is 0.518. The van der Waals surface area contributed by atoms with Gasteiger partial charge in [0, 0.05) is 224 Å². The molecule has 0 aliphatic carbocycles. The summed E-state index contributed by atoms with van der Waals surface area (Å²) in [4.78, 5) is 218. The SMILES string of the molecule is CN(C)CCCNC(=O)CCNC(=O)c1cc(NC(=O)c2cc(NC(=O)c3cc(NC(=O)CCNC(=O)c4cc(NC(=O)c5cc(NC(=O)c6cc(NC(=O)CCCNC(=O)c7cc(NC(=O)c8cc(NC(=O)c9cc(NC(=O)CCNC(=O)c%10cc(NC(=O)c%11cc(NC(=O)c%12nccn%12C)cn%11C)cn%10C)cn9C)cn8C)cn7C)cn6C)cn5C)cn4C)cn3C)cn2C)cn1C. The van der Waals surface area contributed by atoms with Gasteiger partial charge in [0.15, 0.2) is 5.82 Å². The molecular formula is C89H106N30O16. The molecule has 0 aliphatic heterocycles. The molecule has 0 saturated heterocycles. The highest BCUT2D eigenvalue weighted by Crippen LogP contribution is 2.27. The summed E-state index contributed by atoms with van der Waals surface area (Å²) >= 11 is 0. The third-order valence-electron chi connectivity index (χ3n) is 21.4. The molecule has 0 bridgehead atoms. The molecule has 12 aromatic rings. The first-order chi connectivity index (χ1) is 64.2. The molecule has 135 heavy (non-hydrogen) atoms. The van der Waals surface area contributed by atoms with Crippen LogP contribution in [0.1, 0.15) is 165 Å². The van der Waals surface area contributed by atoms with Gasteiger partial charge in [-0.3, -0.25) is 76.7 Å². The zero-order valence-corrected chi connectivity index (χ0v) is 76.6. The number of hydrogen-bond acceptors (Lipinski definition) is 18. The topological polar surface area (TPSA) is 541 Å². The highest BCUT2D eigenvalue weighted by Gasteiger charge is 2.27. The first-order valence-corrected chi connectivity index (χ1v) is 42.4. The summed E-state index contributed by atoms with van der Waals surface area (Å²) in [5.41, 5.74) is 5.41. The van der Waals surface area contributed by atoms with Crippen molar-refractivity contribution in [2.24, 2.45) is 84.6 Å². The number of amides is 16. The van der Waals surface area contributed by atoms with Crippen LogP contribution < -0.4 is 85.1 Å². The molecule has 0 aromatic carbocycles. The molecule has 0 aliphatic rings. The van der Waals surface area contributed by atoms with Crippen LogP contribution in [0, 0.1) is 0 Å². The Morgan fingerprint density at radius 1 is 0.230 bits per heavy atom. The van der Waals surface area contributed by atoms with Gasteiger partial charge in [0.1, 0.15) is 62.6 Å². The lowest BCUT2D eigenvalue weighted by molar-refractivity contribution is -0.121. The Morgan fingerprint density at radius 3 is 0.659 bits per heavy atom. The van der Waals surface area contributed by atoms with Crippen molar-refractivity contribution in [3.8, 4) is 0 Å². The average molecular weight is 1850 g/mol. The van der Waals surface area contributed by atoms with Crippen LogP contribution in [0.2, 0.25) is 0 Å². The van der Waals surface area contributed by atoms with Crippen molar-refractivity contribution in [3.05, 3.63) is 216 Å². The summed E-state index contributed by atoms with van der Waals surface area (Å²) in [7, 11) is 23.4. The van der Waals surface area contributed by atoms with E-state index in [1.165, 1.54) is 150 Å². The molecule has 0 fully saturated rings. The smallest absolute Gasteiger partial charge is 0.291 e. The van der Waals surface area contributed by atoms with Gasteiger partial charge in [0.05, 0.1) is 62.6 Å². The fraction of sp³-hybridized carbons (Fsp3) is 0.292. The molecule has 16 amide bonds. The Kier molecular flexibility index (Phi) is 30.5. The van der Waals surface area contributed by atoms with E-state index in [9.17, 15) is 76.7 Å². The van der Waals surface area contributed by atoms with Gasteiger partial charge in [0.25, 0.3) is 70.9 Å². The number of anilines is 11. The minimum Gasteiger partial charge on any atom is -0.356 e. The van der Waals surface area contributed by atoms with Crippen LogP contribution >= 0.6 is 0 Å². The van der Waals surface area contributed by atoms with Crippen molar-refractivity contribution >= 4 is 157 Å².